The van der Waals surface area contributed by atoms with E-state index in [1.807, 2.05) is 31.2 Å². The number of rotatable bonds is 6. The number of Topliss-reactive ketones (excluding diaryl/α,β-unsaturated/α-hetero) is 1. The van der Waals surface area contributed by atoms with Crippen molar-refractivity contribution in [3.63, 3.8) is 0 Å². The Morgan fingerprint density at radius 1 is 1.08 bits per heavy atom. The van der Waals surface area contributed by atoms with Crippen LogP contribution in [0.15, 0.2) is 53.4 Å². The van der Waals surface area contributed by atoms with Gasteiger partial charge in [0.15, 0.2) is 5.78 Å². The van der Waals surface area contributed by atoms with Crippen molar-refractivity contribution in [3.05, 3.63) is 59.7 Å². The highest BCUT2D eigenvalue weighted by Gasteiger charge is 2.27. The molecule has 5 nitrogen and oxygen atoms in total. The van der Waals surface area contributed by atoms with Crippen LogP contribution in [0.3, 0.4) is 0 Å². The zero-order chi connectivity index (χ0) is 17.9. The third-order valence-corrected chi connectivity index (χ3v) is 6.34. The van der Waals surface area contributed by atoms with Crippen molar-refractivity contribution in [2.24, 2.45) is 0 Å². The van der Waals surface area contributed by atoms with Gasteiger partial charge in [0.2, 0.25) is 10.0 Å². The van der Waals surface area contributed by atoms with Crippen LogP contribution in [0.2, 0.25) is 0 Å². The van der Waals surface area contributed by atoms with Gasteiger partial charge in [-0.2, -0.15) is 4.31 Å². The smallest absolute Gasteiger partial charge is 0.243 e. The lowest BCUT2D eigenvalue weighted by molar-refractivity contribution is 0.101. The normalized spacial score (nSPS) is 15.2. The van der Waals surface area contributed by atoms with Crippen molar-refractivity contribution in [2.45, 2.75) is 24.7 Å². The first-order valence-electron chi connectivity index (χ1n) is 8.41. The summed E-state index contributed by atoms with van der Waals surface area (Å²) in [5.74, 6) is -0.137. The van der Waals surface area contributed by atoms with Gasteiger partial charge in [-0.05, 0) is 43.5 Å². The number of anilines is 1. The van der Waals surface area contributed by atoms with E-state index in [-0.39, 0.29) is 17.2 Å². The number of sulfonamides is 1. The number of hydrogen-bond donors (Lipinski definition) is 1. The van der Waals surface area contributed by atoms with E-state index in [2.05, 4.69) is 5.32 Å². The number of para-hydroxylation sites is 1. The van der Waals surface area contributed by atoms with Crippen molar-refractivity contribution >= 4 is 21.5 Å². The van der Waals surface area contributed by atoms with Crippen molar-refractivity contribution < 1.29 is 13.2 Å². The average Bonchev–Trinajstić information content (AvgIpc) is 3.16. The molecular formula is C19H22N2O3S. The minimum Gasteiger partial charge on any atom is -0.377 e. The predicted octanol–water partition coefficient (Wildman–Crippen LogP) is 3.07. The molecule has 6 heteroatoms. The third-order valence-electron chi connectivity index (χ3n) is 4.44. The van der Waals surface area contributed by atoms with Crippen LogP contribution >= 0.6 is 0 Å². The molecule has 1 saturated heterocycles. The molecule has 0 radical (unpaired) electrons. The van der Waals surface area contributed by atoms with Gasteiger partial charge in [-0.1, -0.05) is 30.3 Å². The number of aryl methyl sites for hydroxylation is 1. The Morgan fingerprint density at radius 2 is 1.80 bits per heavy atom. The lowest BCUT2D eigenvalue weighted by Gasteiger charge is -2.16. The van der Waals surface area contributed by atoms with Crippen LogP contribution in [-0.4, -0.2) is 38.1 Å². The summed E-state index contributed by atoms with van der Waals surface area (Å²) >= 11 is 0. The molecule has 0 unspecified atom stereocenters. The molecule has 0 atom stereocenters. The van der Waals surface area contributed by atoms with E-state index in [9.17, 15) is 13.2 Å². The van der Waals surface area contributed by atoms with Gasteiger partial charge >= 0.3 is 0 Å². The summed E-state index contributed by atoms with van der Waals surface area (Å²) in [4.78, 5) is 12.6. The van der Waals surface area contributed by atoms with E-state index in [0.717, 1.165) is 24.1 Å². The van der Waals surface area contributed by atoms with E-state index in [0.29, 0.717) is 18.7 Å². The summed E-state index contributed by atoms with van der Waals surface area (Å²) in [7, 11) is -3.51. The lowest BCUT2D eigenvalue weighted by atomic mass is 10.1. The van der Waals surface area contributed by atoms with Crippen molar-refractivity contribution in [3.8, 4) is 0 Å². The third kappa shape index (κ3) is 3.91. The number of nitrogens with one attached hydrogen (secondary N) is 1. The fourth-order valence-corrected chi connectivity index (χ4v) is 4.52. The van der Waals surface area contributed by atoms with E-state index < -0.39 is 10.0 Å². The number of nitrogens with zero attached hydrogens (tertiary/aromatic N) is 1. The molecule has 0 bridgehead atoms. The monoisotopic (exact) mass is 358 g/mol. The highest BCUT2D eigenvalue weighted by atomic mass is 32.2. The van der Waals surface area contributed by atoms with Gasteiger partial charge in [0.1, 0.15) is 0 Å². The van der Waals surface area contributed by atoms with Gasteiger partial charge < -0.3 is 5.32 Å². The van der Waals surface area contributed by atoms with E-state index in [1.165, 1.54) is 10.4 Å². The Balaban J connectivity index is 1.74. The molecule has 3 rings (SSSR count). The molecular weight excluding hydrogens is 336 g/mol. The Hall–Kier alpha value is -2.18. The molecule has 1 aliphatic heterocycles. The first-order valence-corrected chi connectivity index (χ1v) is 9.85. The van der Waals surface area contributed by atoms with Gasteiger partial charge in [0, 0.05) is 24.3 Å². The summed E-state index contributed by atoms with van der Waals surface area (Å²) in [6.45, 7) is 3.19. The minimum atomic E-state index is -3.51. The summed E-state index contributed by atoms with van der Waals surface area (Å²) in [5, 5.41) is 3.12. The fourth-order valence-electron chi connectivity index (χ4n) is 2.96. The Bertz CT molecular complexity index is 872. The van der Waals surface area contributed by atoms with E-state index >= 15 is 0 Å². The largest absolute Gasteiger partial charge is 0.377 e. The van der Waals surface area contributed by atoms with Crippen LogP contribution < -0.4 is 5.32 Å². The fraction of sp³-hybridized carbons (Fsp3) is 0.316. The minimum absolute atomic E-state index is 0.123. The number of carbonyl (C=O) groups excluding carboxylic acids is 1. The summed E-state index contributed by atoms with van der Waals surface area (Å²) in [6, 6.07) is 14.1. The molecule has 132 valence electrons. The topological polar surface area (TPSA) is 66.5 Å². The molecule has 1 heterocycles. The average molecular weight is 358 g/mol. The quantitative estimate of drug-likeness (QED) is 0.806. The lowest BCUT2D eigenvalue weighted by Crippen LogP contribution is -2.28. The second-order valence-electron chi connectivity index (χ2n) is 6.23. The van der Waals surface area contributed by atoms with E-state index in [4.69, 9.17) is 0 Å². The van der Waals surface area contributed by atoms with Crippen molar-refractivity contribution in [1.82, 2.24) is 4.31 Å². The first kappa shape index (κ1) is 17.6. The summed E-state index contributed by atoms with van der Waals surface area (Å²) in [5.41, 5.74) is 2.36. The number of carbonyl (C=O) groups is 1. The molecule has 0 spiro atoms. The summed E-state index contributed by atoms with van der Waals surface area (Å²) < 4.78 is 26.8. The van der Waals surface area contributed by atoms with Gasteiger partial charge in [-0.25, -0.2) is 8.42 Å². The number of hydrogen-bond acceptors (Lipinski definition) is 4. The van der Waals surface area contributed by atoms with Crippen LogP contribution in [0.4, 0.5) is 5.69 Å². The van der Waals surface area contributed by atoms with Crippen LogP contribution in [0.1, 0.15) is 28.8 Å². The van der Waals surface area contributed by atoms with E-state index in [1.54, 1.807) is 18.2 Å². The zero-order valence-electron chi connectivity index (χ0n) is 14.2. The highest BCUT2D eigenvalue weighted by molar-refractivity contribution is 7.89. The van der Waals surface area contributed by atoms with Crippen LogP contribution in [0.5, 0.6) is 0 Å². The Morgan fingerprint density at radius 3 is 2.52 bits per heavy atom. The van der Waals surface area contributed by atoms with Gasteiger partial charge in [0.05, 0.1) is 11.4 Å². The number of benzene rings is 2. The molecule has 1 fully saturated rings. The van der Waals surface area contributed by atoms with Gasteiger partial charge in [-0.15, -0.1) is 0 Å². The maximum atomic E-state index is 12.6. The standard InChI is InChI=1S/C19H22N2O3S/c1-15-7-2-3-10-18(15)20-14-19(22)16-8-6-9-17(13-16)25(23,24)21-11-4-5-12-21/h2-3,6-10,13,20H,4-5,11-12,14H2,1H3. The molecule has 2 aromatic rings. The summed E-state index contributed by atoms with van der Waals surface area (Å²) in [6.07, 6.45) is 1.77. The van der Waals surface area contributed by atoms with Crippen molar-refractivity contribution in [1.29, 1.82) is 0 Å². The maximum absolute atomic E-state index is 12.6. The van der Waals surface area contributed by atoms with Crippen LogP contribution in [0, 0.1) is 6.92 Å². The van der Waals surface area contributed by atoms with Gasteiger partial charge in [0.25, 0.3) is 0 Å². The molecule has 1 aliphatic rings. The second-order valence-corrected chi connectivity index (χ2v) is 8.17. The molecule has 2 aromatic carbocycles. The Kier molecular flexibility index (Phi) is 5.20. The number of ketones is 1. The molecule has 0 aromatic heterocycles. The molecule has 0 aliphatic carbocycles. The second kappa shape index (κ2) is 7.37. The SMILES string of the molecule is Cc1ccccc1NCC(=O)c1cccc(S(=O)(=O)N2CCCC2)c1. The predicted molar refractivity (Wildman–Crippen MR) is 98.4 cm³/mol. The first-order chi connectivity index (χ1) is 12.0. The molecule has 0 saturated carbocycles. The molecule has 0 amide bonds. The Labute approximate surface area is 148 Å². The van der Waals surface area contributed by atoms with Crippen LogP contribution in [-0.2, 0) is 10.0 Å². The highest BCUT2D eigenvalue weighted by Crippen LogP contribution is 2.22. The van der Waals surface area contributed by atoms with Crippen molar-refractivity contribution in [2.75, 3.05) is 25.0 Å². The molecule has 25 heavy (non-hydrogen) atoms. The van der Waals surface area contributed by atoms with Gasteiger partial charge in [-0.3, -0.25) is 4.79 Å². The van der Waals surface area contributed by atoms with Crippen LogP contribution in [0.25, 0.3) is 0 Å². The molecule has 1 N–H and O–H groups in total. The zero-order valence-corrected chi connectivity index (χ0v) is 15.1. The maximum Gasteiger partial charge on any atom is 0.243 e.